The van der Waals surface area contributed by atoms with Gasteiger partial charge in [0, 0.05) is 38.1 Å². The van der Waals surface area contributed by atoms with Crippen LogP contribution in [0, 0.1) is 11.3 Å². The molecule has 0 bridgehead atoms. The van der Waals surface area contributed by atoms with Crippen molar-refractivity contribution in [2.45, 2.75) is 0 Å². The molecule has 3 aromatic heterocycles. The molecule has 4 heteroatoms. The van der Waals surface area contributed by atoms with E-state index in [0.29, 0.717) is 11.3 Å². The van der Waals surface area contributed by atoms with Gasteiger partial charge in [-0.15, -0.1) is 11.3 Å². The lowest BCUT2D eigenvalue weighted by Crippen LogP contribution is -1.89. The quantitative estimate of drug-likeness (QED) is 0.383. The van der Waals surface area contributed by atoms with Crippen LogP contribution < -0.4 is 0 Å². The highest BCUT2D eigenvalue weighted by Gasteiger charge is 2.08. The number of aromatic nitrogens is 2. The minimum atomic E-state index is 0.584. The lowest BCUT2D eigenvalue weighted by Gasteiger charge is -2.04. The molecule has 0 radical (unpaired) electrons. The van der Waals surface area contributed by atoms with E-state index in [0.717, 1.165) is 16.8 Å². The van der Waals surface area contributed by atoms with E-state index in [1.165, 1.54) is 20.2 Å². The number of pyridine rings is 2. The molecule has 0 spiro atoms. The van der Waals surface area contributed by atoms with Crippen molar-refractivity contribution in [1.29, 1.82) is 5.26 Å². The van der Waals surface area contributed by atoms with Crippen molar-refractivity contribution in [1.82, 2.24) is 9.97 Å². The summed E-state index contributed by atoms with van der Waals surface area (Å²) in [5, 5.41) is 11.6. The molecule has 0 fully saturated rings. The second-order valence-corrected chi connectivity index (χ2v) is 7.37. The molecule has 3 heterocycles. The van der Waals surface area contributed by atoms with E-state index >= 15 is 0 Å². The van der Waals surface area contributed by atoms with Crippen LogP contribution in [0.25, 0.3) is 42.7 Å². The van der Waals surface area contributed by atoms with E-state index < -0.39 is 0 Å². The molecule has 5 rings (SSSR count). The highest BCUT2D eigenvalue weighted by Crippen LogP contribution is 2.36. The Labute approximate surface area is 160 Å². The van der Waals surface area contributed by atoms with Crippen molar-refractivity contribution in [3.05, 3.63) is 84.7 Å². The van der Waals surface area contributed by atoms with Crippen molar-refractivity contribution in [2.75, 3.05) is 0 Å². The predicted octanol–water partition coefficient (Wildman–Crippen LogP) is 6.05. The average molecular weight is 363 g/mol. The zero-order chi connectivity index (χ0) is 18.2. The molecule has 2 aromatic carbocycles. The number of hydrogen-bond acceptors (Lipinski definition) is 4. The molecule has 0 aliphatic heterocycles. The van der Waals surface area contributed by atoms with Gasteiger partial charge < -0.3 is 0 Å². The Hall–Kier alpha value is -3.55. The van der Waals surface area contributed by atoms with Crippen LogP contribution in [-0.4, -0.2) is 9.97 Å². The van der Waals surface area contributed by atoms with Crippen molar-refractivity contribution in [3.8, 4) is 28.6 Å². The maximum absolute atomic E-state index is 9.05. The number of nitrogens with zero attached hydrogens (tertiary/aromatic N) is 3. The Morgan fingerprint density at radius 3 is 2.44 bits per heavy atom. The van der Waals surface area contributed by atoms with Crippen LogP contribution in [-0.2, 0) is 0 Å². The molecule has 0 amide bonds. The molecular formula is C23H13N3S. The van der Waals surface area contributed by atoms with Gasteiger partial charge in [0.15, 0.2) is 0 Å². The molecule has 5 aromatic rings. The topological polar surface area (TPSA) is 49.6 Å². The van der Waals surface area contributed by atoms with Gasteiger partial charge in [-0.05, 0) is 42.0 Å². The summed E-state index contributed by atoms with van der Waals surface area (Å²) >= 11 is 1.82. The van der Waals surface area contributed by atoms with E-state index in [1.807, 2.05) is 23.6 Å². The summed E-state index contributed by atoms with van der Waals surface area (Å²) in [6.07, 6.45) is 3.50. The van der Waals surface area contributed by atoms with Crippen LogP contribution in [0.1, 0.15) is 5.56 Å². The number of thiophene rings is 1. The summed E-state index contributed by atoms with van der Waals surface area (Å²) in [6.45, 7) is 0. The first kappa shape index (κ1) is 15.7. The van der Waals surface area contributed by atoms with Crippen molar-refractivity contribution in [3.63, 3.8) is 0 Å². The number of rotatable bonds is 2. The molecule has 126 valence electrons. The van der Waals surface area contributed by atoms with Crippen LogP contribution in [0.2, 0.25) is 0 Å². The number of nitriles is 1. The Morgan fingerprint density at radius 1 is 0.741 bits per heavy atom. The highest BCUT2D eigenvalue weighted by atomic mass is 32.1. The van der Waals surface area contributed by atoms with Gasteiger partial charge in [0.2, 0.25) is 0 Å². The smallest absolute Gasteiger partial charge is 0.0992 e. The highest BCUT2D eigenvalue weighted by molar-refractivity contribution is 7.25. The fourth-order valence-electron chi connectivity index (χ4n) is 3.26. The minimum Gasteiger partial charge on any atom is -0.255 e. The van der Waals surface area contributed by atoms with Gasteiger partial charge in [-0.25, -0.2) is 0 Å². The third-order valence-corrected chi connectivity index (χ3v) is 5.78. The molecule has 0 atom stereocenters. The molecule has 0 aliphatic carbocycles. The summed E-state index contributed by atoms with van der Waals surface area (Å²) < 4.78 is 2.60. The lowest BCUT2D eigenvalue weighted by molar-refractivity contribution is 1.24. The predicted molar refractivity (Wildman–Crippen MR) is 111 cm³/mol. The van der Waals surface area contributed by atoms with Crippen LogP contribution in [0.3, 0.4) is 0 Å². The minimum absolute atomic E-state index is 0.584. The van der Waals surface area contributed by atoms with E-state index in [1.54, 1.807) is 18.3 Å². The number of hydrogen-bond donors (Lipinski definition) is 0. The zero-order valence-corrected chi connectivity index (χ0v) is 15.1. The monoisotopic (exact) mass is 363 g/mol. The Bertz CT molecular complexity index is 1330. The van der Waals surface area contributed by atoms with E-state index in [9.17, 15) is 0 Å². The van der Waals surface area contributed by atoms with Gasteiger partial charge in [0.1, 0.15) is 0 Å². The van der Waals surface area contributed by atoms with Gasteiger partial charge in [-0.3, -0.25) is 9.97 Å². The van der Waals surface area contributed by atoms with Gasteiger partial charge in [-0.1, -0.05) is 30.3 Å². The second kappa shape index (κ2) is 6.31. The molecule has 0 saturated carbocycles. The van der Waals surface area contributed by atoms with Gasteiger partial charge in [0.05, 0.1) is 23.0 Å². The molecular weight excluding hydrogens is 350 g/mol. The standard InChI is InChI=1S/C23H13N3S/c24-13-15-9-10-25-21(11-15)20-7-5-17(14-26-20)16-6-8-23-19(12-16)18-3-1-2-4-22(18)27-23/h1-12,14H. The first-order valence-corrected chi connectivity index (χ1v) is 9.38. The third kappa shape index (κ3) is 2.75. The zero-order valence-electron chi connectivity index (χ0n) is 14.3. The first-order chi connectivity index (χ1) is 13.3. The third-order valence-electron chi connectivity index (χ3n) is 4.62. The SMILES string of the molecule is N#Cc1ccnc(-c2ccc(-c3ccc4sc5ccccc5c4c3)cn2)c1. The van der Waals surface area contributed by atoms with Crippen molar-refractivity contribution < 1.29 is 0 Å². The Balaban J connectivity index is 1.56. The lowest BCUT2D eigenvalue weighted by atomic mass is 10.0. The largest absolute Gasteiger partial charge is 0.255 e. The number of fused-ring (bicyclic) bond motifs is 3. The van der Waals surface area contributed by atoms with Crippen molar-refractivity contribution >= 4 is 31.5 Å². The molecule has 3 nitrogen and oxygen atoms in total. The molecule has 0 N–H and O–H groups in total. The van der Waals surface area contributed by atoms with Gasteiger partial charge in [-0.2, -0.15) is 5.26 Å². The molecule has 0 unspecified atom stereocenters. The maximum Gasteiger partial charge on any atom is 0.0992 e. The average Bonchev–Trinajstić information content (AvgIpc) is 3.12. The summed E-state index contributed by atoms with van der Waals surface area (Å²) in [5.74, 6) is 0. The Morgan fingerprint density at radius 2 is 1.59 bits per heavy atom. The van der Waals surface area contributed by atoms with Crippen LogP contribution >= 0.6 is 11.3 Å². The van der Waals surface area contributed by atoms with Crippen LogP contribution in [0.5, 0.6) is 0 Å². The van der Waals surface area contributed by atoms with Gasteiger partial charge >= 0.3 is 0 Å². The molecule has 27 heavy (non-hydrogen) atoms. The van der Waals surface area contributed by atoms with Crippen LogP contribution in [0.4, 0.5) is 0 Å². The summed E-state index contributed by atoms with van der Waals surface area (Å²) in [5.41, 5.74) is 4.26. The van der Waals surface area contributed by atoms with Gasteiger partial charge in [0.25, 0.3) is 0 Å². The van der Waals surface area contributed by atoms with E-state index in [-0.39, 0.29) is 0 Å². The fourth-order valence-corrected chi connectivity index (χ4v) is 4.35. The maximum atomic E-state index is 9.05. The normalized spacial score (nSPS) is 10.9. The first-order valence-electron chi connectivity index (χ1n) is 8.56. The van der Waals surface area contributed by atoms with E-state index in [2.05, 4.69) is 64.6 Å². The van der Waals surface area contributed by atoms with Crippen LogP contribution in [0.15, 0.2) is 79.1 Å². The van der Waals surface area contributed by atoms with E-state index in [4.69, 9.17) is 5.26 Å². The summed E-state index contributed by atoms with van der Waals surface area (Å²) in [4.78, 5) is 8.88. The Kier molecular flexibility index (Phi) is 3.67. The summed E-state index contributed by atoms with van der Waals surface area (Å²) in [6, 6.07) is 24.7. The molecule has 0 saturated heterocycles. The second-order valence-electron chi connectivity index (χ2n) is 6.28. The summed E-state index contributed by atoms with van der Waals surface area (Å²) in [7, 11) is 0. The molecule has 0 aliphatic rings. The van der Waals surface area contributed by atoms with Crippen molar-refractivity contribution in [2.24, 2.45) is 0 Å². The number of benzene rings is 2. The fraction of sp³-hybridized carbons (Fsp3) is 0.